The number of H-pyrrole nitrogens is 1. The number of hydrogen-bond acceptors (Lipinski definition) is 10. The Morgan fingerprint density at radius 3 is 2.58 bits per heavy atom. The first-order valence-corrected chi connectivity index (χ1v) is 23.8. The molecule has 9 N–H and O–H groups in total. The van der Waals surface area contributed by atoms with Gasteiger partial charge in [0, 0.05) is 71.7 Å². The monoisotopic (exact) mass is 839 g/mol. The van der Waals surface area contributed by atoms with Crippen molar-refractivity contribution in [3.63, 3.8) is 0 Å². The number of benzene rings is 2. The Bertz CT molecular complexity index is 1980. The Labute approximate surface area is 357 Å². The lowest BCUT2D eigenvalue weighted by atomic mass is 9.78. The highest BCUT2D eigenvalue weighted by molar-refractivity contribution is 8.76. The number of aromatic nitrogens is 1. The number of hydrogen-bond donors (Lipinski definition) is 8. The average Bonchev–Trinajstić information content (AvgIpc) is 3.68. The highest BCUT2D eigenvalue weighted by Crippen LogP contribution is 2.42. The molecule has 316 valence electrons. The van der Waals surface area contributed by atoms with E-state index in [1.807, 2.05) is 30.5 Å². The molecule has 0 radical (unpaired) electrons. The Morgan fingerprint density at radius 2 is 1.78 bits per heavy atom. The van der Waals surface area contributed by atoms with Crippen LogP contribution in [0, 0.1) is 47.3 Å². The van der Waals surface area contributed by atoms with Crippen molar-refractivity contribution in [1.29, 1.82) is 0 Å². The summed E-state index contributed by atoms with van der Waals surface area (Å²) in [5, 5.41) is 60.4. The molecule has 9 nitrogen and oxygen atoms in total. The van der Waals surface area contributed by atoms with Gasteiger partial charge >= 0.3 is 0 Å². The lowest BCUT2D eigenvalue weighted by Crippen LogP contribution is -2.42. The minimum absolute atomic E-state index is 0.0585. The van der Waals surface area contributed by atoms with E-state index in [4.69, 9.17) is 10.5 Å². The van der Waals surface area contributed by atoms with Gasteiger partial charge in [0.15, 0.2) is 11.5 Å². The Kier molecular flexibility index (Phi) is 15.2. The highest BCUT2D eigenvalue weighted by atomic mass is 33.1. The number of fused-ring (bicyclic) bond motifs is 2. The summed E-state index contributed by atoms with van der Waals surface area (Å²) in [6, 6.07) is 19.9. The number of phenols is 1. The predicted octanol–water partition coefficient (Wildman–Crippen LogP) is 6.85. The van der Waals surface area contributed by atoms with Gasteiger partial charge in [0.25, 0.3) is 0 Å². The van der Waals surface area contributed by atoms with Crippen LogP contribution < -0.4 is 15.8 Å². The van der Waals surface area contributed by atoms with E-state index in [2.05, 4.69) is 77.6 Å². The molecule has 3 heterocycles. The normalized spacial score (nSPS) is 31.1. The first kappa shape index (κ1) is 43.3. The summed E-state index contributed by atoms with van der Waals surface area (Å²) in [7, 11) is 3.25. The molecule has 4 aliphatic rings. The zero-order valence-electron chi connectivity index (χ0n) is 34.0. The number of ether oxygens (including phenoxy) is 1. The Hall–Kier alpha value is -3.76. The fraction of sp³-hybridized carbons (Fsp3) is 0.500. The largest absolute Gasteiger partial charge is 0.504 e. The van der Waals surface area contributed by atoms with Crippen molar-refractivity contribution in [3.8, 4) is 23.3 Å². The van der Waals surface area contributed by atoms with E-state index >= 15 is 0 Å². The topological polar surface area (TPSA) is 164 Å². The molecule has 0 saturated carbocycles. The van der Waals surface area contributed by atoms with Crippen LogP contribution >= 0.6 is 21.6 Å². The molecule has 3 aromatic rings. The van der Waals surface area contributed by atoms with E-state index in [0.717, 1.165) is 48.1 Å². The van der Waals surface area contributed by atoms with Gasteiger partial charge in [-0.3, -0.25) is 0 Å². The molecule has 0 amide bonds. The van der Waals surface area contributed by atoms with Gasteiger partial charge < -0.3 is 46.3 Å². The molecule has 2 aromatic carbocycles. The number of aliphatic hydroxyl groups is 4. The van der Waals surface area contributed by atoms with Gasteiger partial charge in [-0.15, -0.1) is 0 Å². The highest BCUT2D eigenvalue weighted by Gasteiger charge is 2.38. The van der Waals surface area contributed by atoms with E-state index in [1.54, 1.807) is 27.7 Å². The Morgan fingerprint density at radius 1 is 0.949 bits per heavy atom. The molecule has 1 fully saturated rings. The maximum Gasteiger partial charge on any atom is 0.161 e. The van der Waals surface area contributed by atoms with Crippen molar-refractivity contribution in [3.05, 3.63) is 119 Å². The van der Waals surface area contributed by atoms with E-state index < -0.39 is 36.3 Å². The lowest BCUT2D eigenvalue weighted by molar-refractivity contribution is -0.0214. The van der Waals surface area contributed by atoms with Crippen molar-refractivity contribution < 1.29 is 30.3 Å². The SMILES string of the molecule is CC(Cc1ccccc1)C1C#CC2C=CC(c3ccc(O)c(OC4CC(Cc5ccc[nH]5)C5=CCNC(N)=C5CSSCC(CO)C4O)c3)CC(O)C2C(O)CCCC1. The number of phenolic OH excluding ortho intramolecular Hbond substituents is 1. The third-order valence-electron chi connectivity index (χ3n) is 12.9. The fourth-order valence-electron chi connectivity index (χ4n) is 9.41. The van der Waals surface area contributed by atoms with Crippen LogP contribution in [-0.4, -0.2) is 79.6 Å². The summed E-state index contributed by atoms with van der Waals surface area (Å²) >= 11 is 0. The number of allylic oxidation sites excluding steroid dienone is 3. The second kappa shape index (κ2) is 20.7. The third-order valence-corrected chi connectivity index (χ3v) is 15.3. The standard InChI is InChI=1S/C48H61N3O6S2/c1-30(22-31-8-3-2-4-9-31)32-10-5-6-12-42(54)46-33(14-13-32)15-16-34(24-43(46)55)35-17-18-41(53)44(25-35)57-45-26-36(23-38-11-7-20-50-38)39-19-21-51-48(49)40(39)29-59-58-28-37(27-52)47(45)56/h2-4,7-9,11,15-20,25,30,32-34,36-37,42-43,45-47,50-56H,5-6,10,12,21-24,26-29,49H2,1H3. The van der Waals surface area contributed by atoms with Crippen LogP contribution in [0.4, 0.5) is 0 Å². The van der Waals surface area contributed by atoms with Crippen LogP contribution in [0.25, 0.3) is 0 Å². The first-order chi connectivity index (χ1) is 28.7. The van der Waals surface area contributed by atoms with Crippen molar-refractivity contribution in [1.82, 2.24) is 10.3 Å². The summed E-state index contributed by atoms with van der Waals surface area (Å²) in [6.45, 7) is 2.66. The molecule has 1 aromatic heterocycles. The lowest BCUT2D eigenvalue weighted by Gasteiger charge is -2.33. The molecule has 0 spiro atoms. The summed E-state index contributed by atoms with van der Waals surface area (Å²) in [5.74, 6) is 8.22. The number of dihydropyridines is 1. The van der Waals surface area contributed by atoms with Crippen molar-refractivity contribution >= 4 is 21.6 Å². The third kappa shape index (κ3) is 11.0. The summed E-state index contributed by atoms with van der Waals surface area (Å²) in [4.78, 5) is 3.34. The summed E-state index contributed by atoms with van der Waals surface area (Å²) in [6.07, 6.45) is 10.8. The minimum atomic E-state index is -1.03. The molecule has 11 heteroatoms. The molecule has 2 aliphatic heterocycles. The van der Waals surface area contributed by atoms with Crippen LogP contribution in [0.5, 0.6) is 11.5 Å². The smallest absolute Gasteiger partial charge is 0.161 e. The molecule has 0 bridgehead atoms. The van der Waals surface area contributed by atoms with Crippen LogP contribution in [0.15, 0.2) is 102 Å². The van der Waals surface area contributed by atoms with Gasteiger partial charge in [-0.05, 0) is 91.3 Å². The molecule has 11 atom stereocenters. The van der Waals surface area contributed by atoms with Crippen LogP contribution in [-0.2, 0) is 12.8 Å². The second-order valence-corrected chi connectivity index (χ2v) is 19.4. The molecule has 11 unspecified atom stereocenters. The molecule has 2 aliphatic carbocycles. The molecular weight excluding hydrogens is 779 g/mol. The van der Waals surface area contributed by atoms with Crippen LogP contribution in [0.3, 0.4) is 0 Å². The van der Waals surface area contributed by atoms with E-state index in [0.29, 0.717) is 55.5 Å². The van der Waals surface area contributed by atoms with Gasteiger partial charge in [0.1, 0.15) is 11.9 Å². The maximum atomic E-state index is 12.0. The minimum Gasteiger partial charge on any atom is -0.504 e. The average molecular weight is 840 g/mol. The van der Waals surface area contributed by atoms with E-state index in [-0.39, 0.29) is 41.8 Å². The number of nitrogens with one attached hydrogen (secondary N) is 2. The maximum absolute atomic E-state index is 12.0. The summed E-state index contributed by atoms with van der Waals surface area (Å²) < 4.78 is 6.72. The zero-order chi connectivity index (χ0) is 41.3. The molecular formula is C48H61N3O6S2. The zero-order valence-corrected chi connectivity index (χ0v) is 35.6. The number of nitrogens with two attached hydrogens (primary N) is 1. The van der Waals surface area contributed by atoms with Crippen molar-refractivity contribution in [2.24, 2.45) is 41.2 Å². The van der Waals surface area contributed by atoms with Gasteiger partial charge in [-0.1, -0.05) is 108 Å². The van der Waals surface area contributed by atoms with Crippen LogP contribution in [0.2, 0.25) is 0 Å². The van der Waals surface area contributed by atoms with E-state index in [1.165, 1.54) is 5.56 Å². The second-order valence-electron chi connectivity index (χ2n) is 16.9. The number of aliphatic hydroxyl groups excluding tert-OH is 4. The summed E-state index contributed by atoms with van der Waals surface area (Å²) in [5.41, 5.74) is 11.9. The van der Waals surface area contributed by atoms with Gasteiger partial charge in [-0.2, -0.15) is 0 Å². The van der Waals surface area contributed by atoms with Crippen molar-refractivity contribution in [2.75, 3.05) is 24.7 Å². The van der Waals surface area contributed by atoms with Gasteiger partial charge in [0.05, 0.1) is 18.3 Å². The molecule has 1 saturated heterocycles. The van der Waals surface area contributed by atoms with Crippen LogP contribution in [0.1, 0.15) is 68.2 Å². The fourth-order valence-corrected chi connectivity index (χ4v) is 11.9. The van der Waals surface area contributed by atoms with Gasteiger partial charge in [-0.25, -0.2) is 0 Å². The first-order valence-electron chi connectivity index (χ1n) is 21.4. The predicted molar refractivity (Wildman–Crippen MR) is 238 cm³/mol. The quantitative estimate of drug-likeness (QED) is 0.0650. The molecule has 59 heavy (non-hydrogen) atoms. The van der Waals surface area contributed by atoms with Crippen molar-refractivity contribution in [2.45, 2.75) is 88.6 Å². The van der Waals surface area contributed by atoms with E-state index in [9.17, 15) is 25.5 Å². The number of aromatic hydroxyl groups is 1. The number of rotatable bonds is 9. The molecule has 7 rings (SSSR count). The van der Waals surface area contributed by atoms with Gasteiger partial charge in [0.2, 0.25) is 0 Å². The number of aromatic amines is 1. The Balaban J connectivity index is 1.16.